The van der Waals surface area contributed by atoms with E-state index in [0.717, 1.165) is 4.88 Å². The van der Waals surface area contributed by atoms with E-state index in [1.165, 1.54) is 29.7 Å². The fourth-order valence-electron chi connectivity index (χ4n) is 2.81. The number of aromatic nitrogens is 1. The lowest BCUT2D eigenvalue weighted by molar-refractivity contribution is -0.123. The zero-order valence-corrected chi connectivity index (χ0v) is 18.8. The van der Waals surface area contributed by atoms with Crippen molar-refractivity contribution in [2.45, 2.75) is 32.9 Å². The highest BCUT2D eigenvalue weighted by Crippen LogP contribution is 2.24. The molecule has 0 aliphatic heterocycles. The van der Waals surface area contributed by atoms with Crippen molar-refractivity contribution >= 4 is 46.4 Å². The van der Waals surface area contributed by atoms with Crippen LogP contribution < -0.4 is 10.6 Å². The van der Waals surface area contributed by atoms with Crippen LogP contribution in [0.2, 0.25) is 10.0 Å². The van der Waals surface area contributed by atoms with Crippen molar-refractivity contribution in [3.05, 3.63) is 63.3 Å². The molecule has 1 unspecified atom stereocenters. The van der Waals surface area contributed by atoms with Gasteiger partial charge in [-0.2, -0.15) is 0 Å². The number of nitrogens with zero attached hydrogens (tertiary/aromatic N) is 1. The summed E-state index contributed by atoms with van der Waals surface area (Å²) in [6, 6.07) is 7.72. The summed E-state index contributed by atoms with van der Waals surface area (Å²) < 4.78 is 5.46. The van der Waals surface area contributed by atoms with Gasteiger partial charge in [-0.25, -0.2) is 4.98 Å². The topological polar surface area (TPSA) is 84.2 Å². The number of carbonyl (C=O) groups is 2. The first-order valence-corrected chi connectivity index (χ1v) is 11.0. The van der Waals surface area contributed by atoms with Crippen molar-refractivity contribution in [3.63, 3.8) is 0 Å². The van der Waals surface area contributed by atoms with Crippen LogP contribution in [0, 0.1) is 5.92 Å². The molecule has 2 heterocycles. The Morgan fingerprint density at radius 2 is 2.03 bits per heavy atom. The summed E-state index contributed by atoms with van der Waals surface area (Å²) in [6.07, 6.45) is 1.99. The second kappa shape index (κ2) is 10.1. The molecule has 1 atom stereocenters. The van der Waals surface area contributed by atoms with Crippen molar-refractivity contribution in [1.82, 2.24) is 15.6 Å². The lowest BCUT2D eigenvalue weighted by Gasteiger charge is -2.20. The molecular weight excluding hydrogens is 445 g/mol. The van der Waals surface area contributed by atoms with Crippen molar-refractivity contribution < 1.29 is 14.0 Å². The molecule has 0 bridgehead atoms. The molecule has 0 saturated heterocycles. The molecule has 0 aliphatic rings. The number of thiophene rings is 1. The van der Waals surface area contributed by atoms with E-state index < -0.39 is 11.9 Å². The van der Waals surface area contributed by atoms with Gasteiger partial charge >= 0.3 is 0 Å². The molecule has 0 spiro atoms. The van der Waals surface area contributed by atoms with Crippen LogP contribution >= 0.6 is 34.5 Å². The second-order valence-electron chi connectivity index (χ2n) is 7.12. The molecular formula is C21H21Cl2N3O3S. The summed E-state index contributed by atoms with van der Waals surface area (Å²) in [5.74, 6) is -0.0282. The van der Waals surface area contributed by atoms with Gasteiger partial charge in [0.1, 0.15) is 12.3 Å². The Bertz CT molecular complexity index is 1020. The molecule has 6 nitrogen and oxygen atoms in total. The third kappa shape index (κ3) is 5.84. The first kappa shape index (κ1) is 22.3. The molecule has 30 heavy (non-hydrogen) atoms. The summed E-state index contributed by atoms with van der Waals surface area (Å²) in [5, 5.41) is 8.18. The van der Waals surface area contributed by atoms with Crippen LogP contribution in [0.4, 0.5) is 0 Å². The molecule has 158 valence electrons. The summed E-state index contributed by atoms with van der Waals surface area (Å²) in [7, 11) is 0. The fourth-order valence-corrected chi connectivity index (χ4v) is 3.96. The van der Waals surface area contributed by atoms with E-state index >= 15 is 0 Å². The average Bonchev–Trinajstić information content (AvgIpc) is 3.36. The number of benzene rings is 1. The average molecular weight is 466 g/mol. The number of carbonyl (C=O) groups excluding carboxylic acids is 2. The molecule has 1 aromatic carbocycles. The Balaban J connectivity index is 1.64. The molecule has 2 N–H and O–H groups in total. The molecule has 3 aromatic rings. The van der Waals surface area contributed by atoms with E-state index in [1.54, 1.807) is 6.07 Å². The van der Waals surface area contributed by atoms with Gasteiger partial charge in [0.15, 0.2) is 0 Å². The maximum Gasteiger partial charge on any atom is 0.253 e. The van der Waals surface area contributed by atoms with Crippen LogP contribution in [0.1, 0.15) is 36.3 Å². The van der Waals surface area contributed by atoms with E-state index in [2.05, 4.69) is 15.6 Å². The van der Waals surface area contributed by atoms with Gasteiger partial charge in [0.2, 0.25) is 11.8 Å². The minimum Gasteiger partial charge on any atom is -0.443 e. The molecule has 9 heteroatoms. The van der Waals surface area contributed by atoms with E-state index in [1.807, 2.05) is 31.4 Å². The van der Waals surface area contributed by atoms with Gasteiger partial charge in [0.05, 0.1) is 27.7 Å². The summed E-state index contributed by atoms with van der Waals surface area (Å²) in [5.41, 5.74) is 0.863. The van der Waals surface area contributed by atoms with Crippen LogP contribution in [0.15, 0.2) is 46.4 Å². The number of rotatable bonds is 8. The molecule has 0 fully saturated rings. The molecule has 0 aliphatic carbocycles. The predicted molar refractivity (Wildman–Crippen MR) is 119 cm³/mol. The summed E-state index contributed by atoms with van der Waals surface area (Å²) in [4.78, 5) is 30.7. The summed E-state index contributed by atoms with van der Waals surface area (Å²) in [6.45, 7) is 4.15. The van der Waals surface area contributed by atoms with Gasteiger partial charge in [-0.05, 0) is 42.0 Å². The van der Waals surface area contributed by atoms with Crippen molar-refractivity contribution in [2.24, 2.45) is 5.92 Å². The smallest absolute Gasteiger partial charge is 0.253 e. The van der Waals surface area contributed by atoms with Gasteiger partial charge in [-0.15, -0.1) is 11.3 Å². The fraction of sp³-hybridized carbons (Fsp3) is 0.286. The first-order chi connectivity index (χ1) is 14.3. The van der Waals surface area contributed by atoms with Crippen LogP contribution in [0.25, 0.3) is 10.8 Å². The van der Waals surface area contributed by atoms with E-state index in [-0.39, 0.29) is 29.0 Å². The number of hydrogen-bond acceptors (Lipinski definition) is 5. The van der Waals surface area contributed by atoms with Crippen molar-refractivity contribution in [1.29, 1.82) is 0 Å². The highest BCUT2D eigenvalue weighted by Gasteiger charge is 2.24. The minimum absolute atomic E-state index is 0.194. The molecule has 0 saturated carbocycles. The van der Waals surface area contributed by atoms with E-state index in [0.29, 0.717) is 23.0 Å². The predicted octanol–water partition coefficient (Wildman–Crippen LogP) is 5.17. The normalized spacial score (nSPS) is 12.0. The lowest BCUT2D eigenvalue weighted by atomic mass is 10.0. The van der Waals surface area contributed by atoms with E-state index in [4.69, 9.17) is 27.6 Å². The van der Waals surface area contributed by atoms with Crippen LogP contribution in [0.5, 0.6) is 0 Å². The number of halogens is 2. The molecule has 0 radical (unpaired) electrons. The molecule has 2 aromatic heterocycles. The largest absolute Gasteiger partial charge is 0.443 e. The second-order valence-corrected chi connectivity index (χ2v) is 8.91. The lowest BCUT2D eigenvalue weighted by Crippen LogP contribution is -2.47. The zero-order chi connectivity index (χ0) is 21.7. The van der Waals surface area contributed by atoms with Gasteiger partial charge in [0.25, 0.3) is 5.91 Å². The van der Waals surface area contributed by atoms with E-state index in [9.17, 15) is 9.59 Å². The van der Waals surface area contributed by atoms with Crippen molar-refractivity contribution in [3.8, 4) is 10.8 Å². The standard InChI is InChI=1S/C21H21Cl2N3O3S/c1-12(2)8-17(26-19(27)15-6-5-13(22)9-16(15)23)20(28)24-10-14-11-29-21(25-14)18-4-3-7-30-18/h3-7,9,11-12,17H,8,10H2,1-2H3,(H,24,28)(H,26,27). The van der Waals surface area contributed by atoms with Gasteiger partial charge in [-0.3, -0.25) is 9.59 Å². The third-order valence-electron chi connectivity index (χ3n) is 4.23. The quantitative estimate of drug-likeness (QED) is 0.480. The maximum absolute atomic E-state index is 12.8. The number of hydrogen-bond donors (Lipinski definition) is 2. The van der Waals surface area contributed by atoms with Crippen LogP contribution in [0.3, 0.4) is 0 Å². The van der Waals surface area contributed by atoms with Gasteiger partial charge in [0, 0.05) is 5.02 Å². The first-order valence-electron chi connectivity index (χ1n) is 9.35. The third-order valence-corrected chi connectivity index (χ3v) is 5.64. The number of nitrogens with one attached hydrogen (secondary N) is 2. The maximum atomic E-state index is 12.8. The molecule has 2 amide bonds. The SMILES string of the molecule is CC(C)CC(NC(=O)c1ccc(Cl)cc1Cl)C(=O)NCc1coc(-c2cccs2)n1. The highest BCUT2D eigenvalue weighted by atomic mass is 35.5. The van der Waals surface area contributed by atoms with Crippen LogP contribution in [-0.2, 0) is 11.3 Å². The Hall–Kier alpha value is -2.35. The number of oxazole rings is 1. The van der Waals surface area contributed by atoms with Gasteiger partial charge < -0.3 is 15.1 Å². The zero-order valence-electron chi connectivity index (χ0n) is 16.4. The Kier molecular flexibility index (Phi) is 7.53. The van der Waals surface area contributed by atoms with Crippen molar-refractivity contribution in [2.75, 3.05) is 0 Å². The van der Waals surface area contributed by atoms with Gasteiger partial charge in [-0.1, -0.05) is 43.1 Å². The molecule has 3 rings (SSSR count). The Morgan fingerprint density at radius 3 is 2.70 bits per heavy atom. The Morgan fingerprint density at radius 1 is 1.23 bits per heavy atom. The highest BCUT2D eigenvalue weighted by molar-refractivity contribution is 7.13. The summed E-state index contributed by atoms with van der Waals surface area (Å²) >= 11 is 13.5. The minimum atomic E-state index is -0.715. The van der Waals surface area contributed by atoms with Crippen LogP contribution in [-0.4, -0.2) is 22.8 Å². The number of amides is 2. The Labute approximate surface area is 188 Å². The monoisotopic (exact) mass is 465 g/mol.